The summed E-state index contributed by atoms with van der Waals surface area (Å²) in [6.45, 7) is 6.43. The minimum atomic E-state index is -0.168. The molecule has 0 heterocycles. The summed E-state index contributed by atoms with van der Waals surface area (Å²) in [7, 11) is 1.42. The number of methoxy groups -OCH3 is 1. The Morgan fingerprint density at radius 1 is 1.22 bits per heavy atom. The van der Waals surface area contributed by atoms with Crippen LogP contribution in [0.3, 0.4) is 0 Å². The number of thiocarbonyl (C=S) groups is 1. The van der Waals surface area contributed by atoms with Crippen LogP contribution in [-0.2, 0) is 9.53 Å². The Balaban J connectivity index is 3.98. The van der Waals surface area contributed by atoms with Crippen molar-refractivity contribution in [1.29, 1.82) is 0 Å². The molecule has 0 saturated heterocycles. The monoisotopic (exact) mass is 291 g/mol. The molecule has 0 bridgehead atoms. The molecule has 18 heavy (non-hydrogen) atoms. The molecule has 0 fully saturated rings. The number of ether oxygens (including phenoxy) is 1. The molecule has 0 aliphatic heterocycles. The van der Waals surface area contributed by atoms with E-state index in [-0.39, 0.29) is 5.97 Å². The number of rotatable bonds is 9. The second kappa shape index (κ2) is 11.8. The van der Waals surface area contributed by atoms with Crippen LogP contribution in [0.1, 0.15) is 46.0 Å². The molecule has 0 aliphatic rings. The molecule has 0 amide bonds. The highest BCUT2D eigenvalue weighted by Gasteiger charge is 2.10. The van der Waals surface area contributed by atoms with Crippen LogP contribution in [0.5, 0.6) is 0 Å². The summed E-state index contributed by atoms with van der Waals surface area (Å²) in [5.74, 6) is 0.541. The van der Waals surface area contributed by atoms with E-state index in [0.29, 0.717) is 12.2 Å². The van der Waals surface area contributed by atoms with Gasteiger partial charge in [0.05, 0.1) is 13.5 Å². The van der Waals surface area contributed by atoms with Gasteiger partial charge in [0.1, 0.15) is 4.32 Å². The van der Waals surface area contributed by atoms with Gasteiger partial charge in [0.15, 0.2) is 0 Å². The van der Waals surface area contributed by atoms with Crippen LogP contribution in [0.2, 0.25) is 0 Å². The maximum atomic E-state index is 11.0. The number of hydrogen-bond donors (Lipinski definition) is 0. The van der Waals surface area contributed by atoms with Gasteiger partial charge in [0.25, 0.3) is 0 Å². The SMILES string of the molecule is CCCCN(CCCC)C(=S)SCCC(=O)OC. The van der Waals surface area contributed by atoms with Gasteiger partial charge in [-0.15, -0.1) is 0 Å². The Kier molecular flexibility index (Phi) is 11.6. The van der Waals surface area contributed by atoms with Gasteiger partial charge in [0.2, 0.25) is 0 Å². The molecule has 0 atom stereocenters. The molecular formula is C13H25NO2S2. The van der Waals surface area contributed by atoms with E-state index in [4.69, 9.17) is 12.2 Å². The second-order valence-corrected chi connectivity index (χ2v) is 5.86. The lowest BCUT2D eigenvalue weighted by Gasteiger charge is -2.24. The van der Waals surface area contributed by atoms with Crippen molar-refractivity contribution in [2.75, 3.05) is 26.0 Å². The maximum absolute atomic E-state index is 11.0. The zero-order valence-corrected chi connectivity index (χ0v) is 13.4. The Bertz CT molecular complexity index is 239. The van der Waals surface area contributed by atoms with E-state index in [1.165, 1.54) is 32.8 Å². The first-order chi connectivity index (χ1) is 8.65. The van der Waals surface area contributed by atoms with E-state index in [9.17, 15) is 4.79 Å². The van der Waals surface area contributed by atoms with E-state index in [1.54, 1.807) is 11.8 Å². The Morgan fingerprint density at radius 3 is 2.22 bits per heavy atom. The van der Waals surface area contributed by atoms with Crippen molar-refractivity contribution in [2.24, 2.45) is 0 Å². The van der Waals surface area contributed by atoms with Gasteiger partial charge in [0, 0.05) is 18.8 Å². The third-order valence-electron chi connectivity index (χ3n) is 2.58. The molecule has 0 saturated carbocycles. The predicted molar refractivity (Wildman–Crippen MR) is 83.1 cm³/mol. The van der Waals surface area contributed by atoms with Gasteiger partial charge in [-0.25, -0.2) is 0 Å². The maximum Gasteiger partial charge on any atom is 0.306 e. The minimum Gasteiger partial charge on any atom is -0.469 e. The standard InChI is InChI=1S/C13H25NO2S2/c1-4-6-9-14(10-7-5-2)13(17)18-11-8-12(15)16-3/h4-11H2,1-3H3. The van der Waals surface area contributed by atoms with Crippen LogP contribution < -0.4 is 0 Å². The zero-order chi connectivity index (χ0) is 13.8. The Hall–Kier alpha value is -0.290. The van der Waals surface area contributed by atoms with Crippen LogP contribution in [-0.4, -0.2) is 41.1 Å². The Morgan fingerprint density at radius 2 is 1.78 bits per heavy atom. The summed E-state index contributed by atoms with van der Waals surface area (Å²) >= 11 is 7.01. The number of thioether (sulfide) groups is 1. The number of carbonyl (C=O) groups is 1. The third-order valence-corrected chi connectivity index (χ3v) is 4.11. The molecule has 0 radical (unpaired) electrons. The largest absolute Gasteiger partial charge is 0.469 e. The van der Waals surface area contributed by atoms with Gasteiger partial charge < -0.3 is 9.64 Å². The molecule has 0 aromatic carbocycles. The van der Waals surface area contributed by atoms with Crippen LogP contribution in [0.4, 0.5) is 0 Å². The smallest absolute Gasteiger partial charge is 0.306 e. The van der Waals surface area contributed by atoms with Crippen molar-refractivity contribution in [3.05, 3.63) is 0 Å². The van der Waals surface area contributed by atoms with Crippen molar-refractivity contribution in [3.8, 4) is 0 Å². The summed E-state index contributed by atoms with van der Waals surface area (Å²) in [4.78, 5) is 13.3. The van der Waals surface area contributed by atoms with Gasteiger partial charge in [-0.2, -0.15) is 0 Å². The van der Waals surface area contributed by atoms with Gasteiger partial charge >= 0.3 is 5.97 Å². The normalized spacial score (nSPS) is 10.2. The molecule has 0 aromatic heterocycles. The first kappa shape index (κ1) is 17.7. The van der Waals surface area contributed by atoms with Crippen LogP contribution >= 0.6 is 24.0 Å². The minimum absolute atomic E-state index is 0.168. The quantitative estimate of drug-likeness (QED) is 0.479. The molecule has 106 valence electrons. The van der Waals surface area contributed by atoms with Crippen molar-refractivity contribution < 1.29 is 9.53 Å². The summed E-state index contributed by atoms with van der Waals surface area (Å²) in [6.07, 6.45) is 5.12. The van der Waals surface area contributed by atoms with E-state index in [0.717, 1.165) is 17.4 Å². The van der Waals surface area contributed by atoms with Gasteiger partial charge in [-0.1, -0.05) is 50.7 Å². The van der Waals surface area contributed by atoms with Crippen LogP contribution in [0.15, 0.2) is 0 Å². The number of nitrogens with zero attached hydrogens (tertiary/aromatic N) is 1. The fourth-order valence-corrected chi connectivity index (χ4v) is 2.65. The molecule has 0 unspecified atom stereocenters. The van der Waals surface area contributed by atoms with Gasteiger partial charge in [-0.05, 0) is 12.8 Å². The highest BCUT2D eigenvalue weighted by molar-refractivity contribution is 8.22. The van der Waals surface area contributed by atoms with Crippen molar-refractivity contribution in [3.63, 3.8) is 0 Å². The number of hydrogen-bond acceptors (Lipinski definition) is 4. The molecule has 0 aliphatic carbocycles. The fourth-order valence-electron chi connectivity index (χ4n) is 1.41. The average molecular weight is 291 g/mol. The number of unbranched alkanes of at least 4 members (excludes halogenated alkanes) is 2. The average Bonchev–Trinajstić information content (AvgIpc) is 2.38. The van der Waals surface area contributed by atoms with Crippen molar-refractivity contribution in [2.45, 2.75) is 46.0 Å². The highest BCUT2D eigenvalue weighted by atomic mass is 32.2. The lowest BCUT2D eigenvalue weighted by atomic mass is 10.3. The van der Waals surface area contributed by atoms with E-state index in [2.05, 4.69) is 23.5 Å². The van der Waals surface area contributed by atoms with Crippen molar-refractivity contribution >= 4 is 34.3 Å². The summed E-state index contributed by atoms with van der Waals surface area (Å²) in [5, 5.41) is 0. The van der Waals surface area contributed by atoms with Crippen LogP contribution in [0, 0.1) is 0 Å². The van der Waals surface area contributed by atoms with Crippen molar-refractivity contribution in [1.82, 2.24) is 4.90 Å². The molecule has 0 N–H and O–H groups in total. The highest BCUT2D eigenvalue weighted by Crippen LogP contribution is 2.13. The zero-order valence-electron chi connectivity index (χ0n) is 11.7. The second-order valence-electron chi connectivity index (χ2n) is 4.13. The number of carbonyl (C=O) groups excluding carboxylic acids is 1. The predicted octanol–water partition coefficient (Wildman–Crippen LogP) is 3.47. The molecule has 0 aromatic rings. The summed E-state index contributed by atoms with van der Waals surface area (Å²) in [6, 6.07) is 0. The molecule has 0 spiro atoms. The summed E-state index contributed by atoms with van der Waals surface area (Å²) < 4.78 is 5.53. The molecule has 0 rings (SSSR count). The lowest BCUT2D eigenvalue weighted by Crippen LogP contribution is -2.29. The van der Waals surface area contributed by atoms with Gasteiger partial charge in [-0.3, -0.25) is 4.79 Å². The third kappa shape index (κ3) is 8.75. The molecule has 3 nitrogen and oxygen atoms in total. The van der Waals surface area contributed by atoms with E-state index in [1.807, 2.05) is 0 Å². The molecule has 5 heteroatoms. The number of esters is 1. The van der Waals surface area contributed by atoms with E-state index < -0.39 is 0 Å². The Labute approximate surface area is 121 Å². The summed E-state index contributed by atoms with van der Waals surface area (Å²) in [5.41, 5.74) is 0. The first-order valence-electron chi connectivity index (χ1n) is 6.64. The van der Waals surface area contributed by atoms with Crippen LogP contribution in [0.25, 0.3) is 0 Å². The van der Waals surface area contributed by atoms with E-state index >= 15 is 0 Å². The first-order valence-corrected chi connectivity index (χ1v) is 8.03. The fraction of sp³-hybridized carbons (Fsp3) is 0.846. The topological polar surface area (TPSA) is 29.5 Å². The lowest BCUT2D eigenvalue weighted by molar-refractivity contribution is -0.140. The molecular weight excluding hydrogens is 266 g/mol.